The van der Waals surface area contributed by atoms with Crippen molar-refractivity contribution in [1.82, 2.24) is 14.9 Å². The predicted molar refractivity (Wildman–Crippen MR) is 229 cm³/mol. The lowest BCUT2D eigenvalue weighted by Crippen LogP contribution is -2.55. The number of nitrogens with one attached hydrogen (secondary N) is 2. The second-order valence-corrected chi connectivity index (χ2v) is 23.2. The molecule has 2 heterocycles. The Morgan fingerprint density at radius 1 is 0.793 bits per heavy atom. The molecule has 2 N–H and O–H groups in total. The van der Waals surface area contributed by atoms with Gasteiger partial charge in [0.15, 0.2) is 11.6 Å². The molecule has 0 unspecified atom stereocenters. The van der Waals surface area contributed by atoms with E-state index < -0.39 is 0 Å². The number of nitrogens with zero attached hydrogens (tertiary/aromatic N) is 4. The summed E-state index contributed by atoms with van der Waals surface area (Å²) < 4.78 is 0. The summed E-state index contributed by atoms with van der Waals surface area (Å²) in [7, 11) is 0. The first-order valence-electron chi connectivity index (χ1n) is 24.0. The Morgan fingerprint density at radius 3 is 1.90 bits per heavy atom. The minimum atomic E-state index is -0.136. The fourth-order valence-corrected chi connectivity index (χ4v) is 17.8. The van der Waals surface area contributed by atoms with Gasteiger partial charge in [-0.2, -0.15) is 9.97 Å². The van der Waals surface area contributed by atoms with Crippen LogP contribution in [0.1, 0.15) is 124 Å². The number of allylic oxidation sites excluding steroid dienone is 6. The molecule has 13 aliphatic rings. The van der Waals surface area contributed by atoms with Crippen molar-refractivity contribution < 1.29 is 9.59 Å². The first-order valence-corrected chi connectivity index (χ1v) is 24.0. The molecule has 8 heteroatoms. The quantitative estimate of drug-likeness (QED) is 0.253. The van der Waals surface area contributed by atoms with Crippen molar-refractivity contribution in [2.24, 2.45) is 70.0 Å². The summed E-state index contributed by atoms with van der Waals surface area (Å²) in [5.74, 6) is 10.3. The molecule has 1 aromatic rings. The van der Waals surface area contributed by atoms with Crippen molar-refractivity contribution in [2.75, 3.05) is 48.3 Å². The third kappa shape index (κ3) is 5.89. The molecule has 1 aromatic heterocycles. The van der Waals surface area contributed by atoms with E-state index in [4.69, 9.17) is 9.97 Å². The molecular formula is C50H68N6O2. The SMILES string of the molecule is C[C@@H]1C[C@H]2[C@@H]3CCC4=CC(=O)C=C[C@]4(C)C3=CC[C@]2(C)[C@H]1C(=O)CN1CCN(c2nc(NC34CC5CC(CC(C5)C3)C4)cc(NC34CC5CC(CC(C5)C3)C4)n2)CC1. The Hall–Kier alpha value is -3.00. The van der Waals surface area contributed by atoms with Gasteiger partial charge >= 0.3 is 0 Å². The number of Topliss-reactive ketones (excluding diaryl/α,β-unsaturated/α-hetero) is 1. The average Bonchev–Trinajstić information content (AvgIpc) is 3.43. The van der Waals surface area contributed by atoms with Crippen LogP contribution in [0.5, 0.6) is 0 Å². The van der Waals surface area contributed by atoms with Crippen LogP contribution >= 0.6 is 0 Å². The maximum absolute atomic E-state index is 14.5. The molecule has 8 nitrogen and oxygen atoms in total. The van der Waals surface area contributed by atoms with Crippen LogP contribution in [0.2, 0.25) is 0 Å². The zero-order chi connectivity index (χ0) is 39.2. The van der Waals surface area contributed by atoms with Crippen LogP contribution in [-0.2, 0) is 9.59 Å². The summed E-state index contributed by atoms with van der Waals surface area (Å²) in [6, 6.07) is 2.28. The number of piperazine rings is 1. The Morgan fingerprint density at radius 2 is 1.34 bits per heavy atom. The van der Waals surface area contributed by atoms with Crippen molar-refractivity contribution in [1.29, 1.82) is 0 Å². The largest absolute Gasteiger partial charge is 0.364 e. The first kappa shape index (κ1) is 36.8. The van der Waals surface area contributed by atoms with E-state index in [0.717, 1.165) is 105 Å². The third-order valence-electron chi connectivity index (χ3n) is 19.2. The van der Waals surface area contributed by atoms with E-state index in [2.05, 4.69) is 59.4 Å². The monoisotopic (exact) mass is 785 g/mol. The van der Waals surface area contributed by atoms with Crippen LogP contribution in [0, 0.1) is 70.0 Å². The molecular weight excluding hydrogens is 717 g/mol. The van der Waals surface area contributed by atoms with E-state index in [9.17, 15) is 9.59 Å². The van der Waals surface area contributed by atoms with E-state index in [1.54, 1.807) is 6.08 Å². The van der Waals surface area contributed by atoms with Crippen molar-refractivity contribution >= 4 is 29.2 Å². The van der Waals surface area contributed by atoms with Gasteiger partial charge in [-0.15, -0.1) is 0 Å². The second kappa shape index (κ2) is 13.0. The number of carbonyl (C=O) groups is 2. The molecule has 8 bridgehead atoms. The summed E-state index contributed by atoms with van der Waals surface area (Å²) >= 11 is 0. The van der Waals surface area contributed by atoms with Crippen LogP contribution in [0.15, 0.2) is 41.5 Å². The van der Waals surface area contributed by atoms with Gasteiger partial charge < -0.3 is 15.5 Å². The number of ketones is 2. The van der Waals surface area contributed by atoms with Gasteiger partial charge in [-0.25, -0.2) is 0 Å². The number of hydrogen-bond acceptors (Lipinski definition) is 8. The van der Waals surface area contributed by atoms with Crippen LogP contribution < -0.4 is 15.5 Å². The van der Waals surface area contributed by atoms with Crippen LogP contribution in [0.4, 0.5) is 17.6 Å². The van der Waals surface area contributed by atoms with E-state index in [1.807, 2.05) is 6.08 Å². The highest BCUT2D eigenvalue weighted by molar-refractivity contribution is 6.01. The predicted octanol–water partition coefficient (Wildman–Crippen LogP) is 9.02. The highest BCUT2D eigenvalue weighted by atomic mass is 16.1. The normalized spacial score (nSPS) is 47.0. The van der Waals surface area contributed by atoms with Gasteiger partial charge in [0.05, 0.1) is 6.54 Å². The number of aromatic nitrogens is 2. The van der Waals surface area contributed by atoms with E-state index in [-0.39, 0.29) is 33.6 Å². The van der Waals surface area contributed by atoms with Crippen LogP contribution in [0.25, 0.3) is 0 Å². The molecule has 58 heavy (non-hydrogen) atoms. The Labute approximate surface area is 346 Å². The molecule has 1 aliphatic heterocycles. The lowest BCUT2D eigenvalue weighted by Gasteiger charge is -2.57. The number of hydrogen-bond donors (Lipinski definition) is 2. The van der Waals surface area contributed by atoms with Gasteiger partial charge in [0.2, 0.25) is 5.95 Å². The van der Waals surface area contributed by atoms with Gasteiger partial charge in [0.1, 0.15) is 11.6 Å². The third-order valence-corrected chi connectivity index (χ3v) is 19.2. The van der Waals surface area contributed by atoms with Gasteiger partial charge in [0, 0.05) is 54.7 Å². The topological polar surface area (TPSA) is 90.5 Å². The van der Waals surface area contributed by atoms with Gasteiger partial charge in [-0.05, 0) is 180 Å². The fourth-order valence-electron chi connectivity index (χ4n) is 17.8. The molecule has 10 saturated carbocycles. The lowest BCUT2D eigenvalue weighted by molar-refractivity contribution is -0.129. The van der Waals surface area contributed by atoms with Gasteiger partial charge in [-0.1, -0.05) is 37.1 Å². The van der Waals surface area contributed by atoms with Gasteiger partial charge in [-0.3, -0.25) is 14.5 Å². The minimum absolute atomic E-state index is 0.00363. The van der Waals surface area contributed by atoms with Crippen molar-refractivity contribution in [3.05, 3.63) is 41.5 Å². The molecule has 12 aliphatic carbocycles. The van der Waals surface area contributed by atoms with Gasteiger partial charge in [0.25, 0.3) is 0 Å². The summed E-state index contributed by atoms with van der Waals surface area (Å²) in [5.41, 5.74) is 3.06. The maximum Gasteiger partial charge on any atom is 0.229 e. The maximum atomic E-state index is 14.5. The van der Waals surface area contributed by atoms with Crippen LogP contribution in [-0.4, -0.2) is 70.2 Å². The Bertz CT molecular complexity index is 1860. The Kier molecular flexibility index (Phi) is 8.26. The highest BCUT2D eigenvalue weighted by Crippen LogP contribution is 2.65. The smallest absolute Gasteiger partial charge is 0.229 e. The fraction of sp³-hybridized carbons (Fsp3) is 0.760. The minimum Gasteiger partial charge on any atom is -0.364 e. The zero-order valence-corrected chi connectivity index (χ0v) is 35.6. The molecule has 6 atom stereocenters. The number of carbonyl (C=O) groups excluding carboxylic acids is 2. The average molecular weight is 785 g/mol. The van der Waals surface area contributed by atoms with Crippen molar-refractivity contribution in [3.63, 3.8) is 0 Å². The standard InChI is InChI=1S/C50H68N6O2/c1-30-14-41-39-5-4-37-21-38(57)6-8-47(37,2)40(39)7-9-48(41,3)45(30)42(58)29-55-10-12-56(13-11-55)46-51-43(53-49-23-31-15-32(24-49)17-33(16-31)25-49)22-44(52-46)54-50-26-34-18-35(27-50)20-36(19-34)28-50/h6-8,21-22,30-36,39,41,45H,4-5,9-20,23-29H2,1-3H3,(H2,51,52,53,54)/t30-,31?,32?,33?,34?,35?,36?,39-,41+,45-,47+,48+,49?,50?/m1/s1. The van der Waals surface area contributed by atoms with E-state index in [1.165, 1.54) is 88.2 Å². The van der Waals surface area contributed by atoms with Crippen molar-refractivity contribution in [3.8, 4) is 0 Å². The van der Waals surface area contributed by atoms with E-state index >= 15 is 0 Å². The molecule has 0 spiro atoms. The highest BCUT2D eigenvalue weighted by Gasteiger charge is 2.59. The molecule has 310 valence electrons. The second-order valence-electron chi connectivity index (χ2n) is 23.2. The molecule has 0 amide bonds. The number of rotatable bonds is 8. The lowest BCUT2D eigenvalue weighted by atomic mass is 9.52. The summed E-state index contributed by atoms with van der Waals surface area (Å²) in [5, 5.41) is 8.30. The first-order chi connectivity index (χ1) is 27.9. The summed E-state index contributed by atoms with van der Waals surface area (Å²) in [6.45, 7) is 11.1. The molecule has 0 aromatic carbocycles. The summed E-state index contributed by atoms with van der Waals surface area (Å²) in [6.07, 6.45) is 29.0. The molecule has 0 radical (unpaired) electrons. The number of anilines is 3. The molecule has 1 saturated heterocycles. The summed E-state index contributed by atoms with van der Waals surface area (Å²) in [4.78, 5) is 42.4. The van der Waals surface area contributed by atoms with Crippen LogP contribution in [0.3, 0.4) is 0 Å². The van der Waals surface area contributed by atoms with Crippen molar-refractivity contribution in [2.45, 2.75) is 135 Å². The molecule has 14 rings (SSSR count). The molecule has 11 fully saturated rings. The number of fused-ring (bicyclic) bond motifs is 5. The van der Waals surface area contributed by atoms with E-state index in [0.29, 0.717) is 30.1 Å². The zero-order valence-electron chi connectivity index (χ0n) is 35.6. The Balaban J connectivity index is 0.754.